The first-order valence-electron chi connectivity index (χ1n) is 9.81. The fourth-order valence-electron chi connectivity index (χ4n) is 3.61. The summed E-state index contributed by atoms with van der Waals surface area (Å²) in [5.74, 6) is -1.33. The van der Waals surface area contributed by atoms with Crippen LogP contribution in [0.1, 0.15) is 12.8 Å². The Labute approximate surface area is 181 Å². The molecule has 1 spiro atoms. The topological polar surface area (TPSA) is 207 Å². The SMILES string of the molecule is [N-]=[N+]=NCCCOC1OC(CO)C(O)C2=C1SC[C@]1(CC(O)C(O)[C@@H]([C@H](O)CO)O1)O2. The summed E-state index contributed by atoms with van der Waals surface area (Å²) in [6.07, 6.45) is -8.56. The van der Waals surface area contributed by atoms with Crippen LogP contribution in [-0.4, -0.2) is 111 Å². The Hall–Kier alpha value is -1.16. The van der Waals surface area contributed by atoms with Crippen LogP contribution < -0.4 is 0 Å². The molecule has 176 valence electrons. The van der Waals surface area contributed by atoms with Crippen molar-refractivity contribution in [3.63, 3.8) is 0 Å². The lowest BCUT2D eigenvalue weighted by molar-refractivity contribution is -0.320. The van der Waals surface area contributed by atoms with E-state index >= 15 is 0 Å². The lowest BCUT2D eigenvalue weighted by Gasteiger charge is -2.50. The molecule has 3 rings (SSSR count). The zero-order valence-corrected chi connectivity index (χ0v) is 17.4. The highest BCUT2D eigenvalue weighted by atomic mass is 32.2. The van der Waals surface area contributed by atoms with Crippen molar-refractivity contribution in [3.8, 4) is 0 Å². The number of aliphatic hydroxyl groups excluding tert-OH is 6. The van der Waals surface area contributed by atoms with E-state index in [-0.39, 0.29) is 31.1 Å². The minimum absolute atomic E-state index is 0.0439. The van der Waals surface area contributed by atoms with Gasteiger partial charge in [-0.05, 0) is 12.0 Å². The summed E-state index contributed by atoms with van der Waals surface area (Å²) >= 11 is 1.19. The summed E-state index contributed by atoms with van der Waals surface area (Å²) in [4.78, 5) is 3.08. The summed E-state index contributed by atoms with van der Waals surface area (Å²) < 4.78 is 23.1. The summed E-state index contributed by atoms with van der Waals surface area (Å²) in [6, 6.07) is 0. The molecule has 3 heterocycles. The molecule has 1 saturated heterocycles. The summed E-state index contributed by atoms with van der Waals surface area (Å²) in [7, 11) is 0. The number of nitrogens with zero attached hydrogens (tertiary/aromatic N) is 3. The molecular weight excluding hydrogens is 438 g/mol. The van der Waals surface area contributed by atoms with E-state index in [1.54, 1.807) is 0 Å². The first-order valence-corrected chi connectivity index (χ1v) is 10.8. The summed E-state index contributed by atoms with van der Waals surface area (Å²) in [5, 5.41) is 63.3. The van der Waals surface area contributed by atoms with Gasteiger partial charge in [0.05, 0.1) is 36.6 Å². The quantitative estimate of drug-likeness (QED) is 0.103. The maximum absolute atomic E-state index is 10.6. The molecule has 0 aliphatic carbocycles. The second kappa shape index (κ2) is 10.6. The molecule has 3 aliphatic rings. The van der Waals surface area contributed by atoms with Crippen LogP contribution >= 0.6 is 11.8 Å². The average Bonchev–Trinajstić information content (AvgIpc) is 2.77. The van der Waals surface area contributed by atoms with Gasteiger partial charge in [-0.25, -0.2) is 0 Å². The van der Waals surface area contributed by atoms with Crippen molar-refractivity contribution in [1.82, 2.24) is 0 Å². The third-order valence-electron chi connectivity index (χ3n) is 5.20. The number of thioether (sulfide) groups is 1. The van der Waals surface area contributed by atoms with Crippen LogP contribution in [0.4, 0.5) is 0 Å². The zero-order valence-electron chi connectivity index (χ0n) is 16.6. The number of ether oxygens (including phenoxy) is 4. The first-order chi connectivity index (χ1) is 14.9. The van der Waals surface area contributed by atoms with Crippen molar-refractivity contribution in [1.29, 1.82) is 0 Å². The average molecular weight is 465 g/mol. The normalized spacial score (nSPS) is 38.9. The first kappa shape index (κ1) is 24.5. The van der Waals surface area contributed by atoms with Gasteiger partial charge in [0.15, 0.2) is 6.29 Å². The zero-order chi connectivity index (χ0) is 22.6. The molecule has 8 atom stereocenters. The number of hydrogen-bond donors (Lipinski definition) is 6. The maximum atomic E-state index is 10.6. The maximum Gasteiger partial charge on any atom is 0.222 e. The highest BCUT2D eigenvalue weighted by Gasteiger charge is 2.54. The molecule has 31 heavy (non-hydrogen) atoms. The second-order valence-corrected chi connectivity index (χ2v) is 8.45. The standard InChI is InChI=1S/C17H27N3O10S/c18-20-19-2-1-3-27-16-15-14(12(26)10(6-22)28-16)30-17(7-31-15)4-8(23)11(25)13(29-17)9(24)5-21/h8-13,16,21-26H,1-7H2/t8?,9-,10?,11?,12?,13-,16?,17+/m1/s1. The minimum atomic E-state index is -1.49. The van der Waals surface area contributed by atoms with E-state index in [1.165, 1.54) is 11.8 Å². The van der Waals surface area contributed by atoms with Gasteiger partial charge in [0.2, 0.25) is 5.79 Å². The van der Waals surface area contributed by atoms with E-state index in [2.05, 4.69) is 10.0 Å². The Morgan fingerprint density at radius 2 is 2.10 bits per heavy atom. The van der Waals surface area contributed by atoms with Gasteiger partial charge in [0, 0.05) is 17.9 Å². The predicted octanol–water partition coefficient (Wildman–Crippen LogP) is -1.68. The highest BCUT2D eigenvalue weighted by molar-refractivity contribution is 8.03. The van der Waals surface area contributed by atoms with Crippen molar-refractivity contribution in [2.75, 3.05) is 32.1 Å². The summed E-state index contributed by atoms with van der Waals surface area (Å²) in [6.45, 7) is -0.796. The molecule has 0 aromatic rings. The molecule has 3 aliphatic heterocycles. The summed E-state index contributed by atoms with van der Waals surface area (Å²) in [5.41, 5.74) is 8.32. The van der Waals surface area contributed by atoms with Crippen molar-refractivity contribution in [2.24, 2.45) is 5.11 Å². The molecule has 13 nitrogen and oxygen atoms in total. The number of rotatable bonds is 8. The Bertz CT molecular complexity index is 708. The van der Waals surface area contributed by atoms with E-state index < -0.39 is 61.9 Å². The number of azide groups is 1. The van der Waals surface area contributed by atoms with Crippen molar-refractivity contribution < 1.29 is 49.6 Å². The van der Waals surface area contributed by atoms with Crippen LogP contribution in [0.5, 0.6) is 0 Å². The molecule has 14 heteroatoms. The van der Waals surface area contributed by atoms with Crippen molar-refractivity contribution in [3.05, 3.63) is 21.1 Å². The third-order valence-corrected chi connectivity index (χ3v) is 6.49. The molecule has 0 amide bonds. The predicted molar refractivity (Wildman–Crippen MR) is 104 cm³/mol. The Kier molecular flexibility index (Phi) is 8.40. The smallest absolute Gasteiger partial charge is 0.222 e. The minimum Gasteiger partial charge on any atom is -0.462 e. The van der Waals surface area contributed by atoms with Crippen LogP contribution in [0.25, 0.3) is 10.4 Å². The molecule has 6 N–H and O–H groups in total. The van der Waals surface area contributed by atoms with Gasteiger partial charge >= 0.3 is 0 Å². The molecule has 0 aromatic heterocycles. The van der Waals surface area contributed by atoms with Gasteiger partial charge in [-0.3, -0.25) is 0 Å². The fraction of sp³-hybridized carbons (Fsp3) is 0.882. The van der Waals surface area contributed by atoms with Crippen LogP contribution in [0.15, 0.2) is 15.8 Å². The van der Waals surface area contributed by atoms with E-state index in [4.69, 9.17) is 24.5 Å². The Balaban J connectivity index is 1.80. The molecule has 1 fully saturated rings. The van der Waals surface area contributed by atoms with E-state index in [1.807, 2.05) is 0 Å². The molecule has 0 bridgehead atoms. The lowest BCUT2D eigenvalue weighted by Crippen LogP contribution is -2.62. The van der Waals surface area contributed by atoms with Crippen molar-refractivity contribution in [2.45, 2.75) is 61.5 Å². The van der Waals surface area contributed by atoms with E-state index in [0.717, 1.165) is 0 Å². The molecule has 0 saturated carbocycles. The van der Waals surface area contributed by atoms with Gasteiger partial charge < -0.3 is 49.6 Å². The van der Waals surface area contributed by atoms with E-state index in [9.17, 15) is 30.6 Å². The Morgan fingerprint density at radius 3 is 2.77 bits per heavy atom. The second-order valence-electron chi connectivity index (χ2n) is 7.44. The van der Waals surface area contributed by atoms with E-state index in [0.29, 0.717) is 11.3 Å². The molecular formula is C17H27N3O10S. The lowest BCUT2D eigenvalue weighted by atomic mass is 9.93. The van der Waals surface area contributed by atoms with Gasteiger partial charge in [-0.1, -0.05) is 5.11 Å². The monoisotopic (exact) mass is 465 g/mol. The van der Waals surface area contributed by atoms with Crippen LogP contribution in [0.3, 0.4) is 0 Å². The largest absolute Gasteiger partial charge is 0.462 e. The van der Waals surface area contributed by atoms with Gasteiger partial charge in [-0.2, -0.15) is 0 Å². The van der Waals surface area contributed by atoms with Crippen molar-refractivity contribution >= 4 is 11.8 Å². The van der Waals surface area contributed by atoms with Gasteiger partial charge in [0.25, 0.3) is 0 Å². The molecule has 5 unspecified atom stereocenters. The number of hydrogen-bond acceptors (Lipinski definition) is 12. The third kappa shape index (κ3) is 5.26. The van der Waals surface area contributed by atoms with Crippen LogP contribution in [-0.2, 0) is 18.9 Å². The van der Waals surface area contributed by atoms with Gasteiger partial charge in [0.1, 0.15) is 36.3 Å². The van der Waals surface area contributed by atoms with Crippen LogP contribution in [0, 0.1) is 0 Å². The van der Waals surface area contributed by atoms with Gasteiger partial charge in [-0.15, -0.1) is 11.8 Å². The molecule has 0 radical (unpaired) electrons. The number of aliphatic hydroxyl groups is 6. The van der Waals surface area contributed by atoms with Crippen LogP contribution in [0.2, 0.25) is 0 Å². The molecule has 0 aromatic carbocycles. The Morgan fingerprint density at radius 1 is 1.32 bits per heavy atom. The highest BCUT2D eigenvalue weighted by Crippen LogP contribution is 2.47. The fourth-order valence-corrected chi connectivity index (χ4v) is 4.80.